The highest BCUT2D eigenvalue weighted by Gasteiger charge is 2.36. The lowest BCUT2D eigenvalue weighted by molar-refractivity contribution is 0.0637. The van der Waals surface area contributed by atoms with E-state index in [1.165, 1.54) is 12.1 Å². The van der Waals surface area contributed by atoms with Gasteiger partial charge in [-0.15, -0.1) is 0 Å². The summed E-state index contributed by atoms with van der Waals surface area (Å²) in [7, 11) is 0. The summed E-state index contributed by atoms with van der Waals surface area (Å²) in [5.74, 6) is -3.46. The van der Waals surface area contributed by atoms with E-state index in [0.29, 0.717) is 34.8 Å². The van der Waals surface area contributed by atoms with Crippen LogP contribution >= 0.6 is 11.6 Å². The van der Waals surface area contributed by atoms with Gasteiger partial charge in [0.1, 0.15) is 17.5 Å². The Bertz CT molecular complexity index is 1570. The monoisotopic (exact) mass is 533 g/mol. The molecule has 5 rings (SSSR count). The maximum absolute atomic E-state index is 14.6. The first-order chi connectivity index (χ1) is 18.2. The average Bonchev–Trinajstić information content (AvgIpc) is 3.32. The Balaban J connectivity index is 1.66. The van der Waals surface area contributed by atoms with Crippen molar-refractivity contribution < 1.29 is 23.2 Å². The summed E-state index contributed by atoms with van der Waals surface area (Å²) in [5.41, 5.74) is 1.52. The zero-order chi connectivity index (χ0) is 27.1. The summed E-state index contributed by atoms with van der Waals surface area (Å²) in [5, 5.41) is 0.197. The van der Waals surface area contributed by atoms with E-state index < -0.39 is 34.8 Å². The van der Waals surface area contributed by atoms with E-state index in [-0.39, 0.29) is 22.8 Å². The summed E-state index contributed by atoms with van der Waals surface area (Å²) in [6.45, 7) is 3.62. The number of carbonyl (C=O) groups is 3. The number of aryl methyl sites for hydroxylation is 1. The lowest BCUT2D eigenvalue weighted by Gasteiger charge is -2.18. The fraction of sp³-hybridized carbons (Fsp3) is 0.172. The van der Waals surface area contributed by atoms with Crippen LogP contribution in [0.5, 0.6) is 0 Å². The predicted molar refractivity (Wildman–Crippen MR) is 138 cm³/mol. The van der Waals surface area contributed by atoms with E-state index in [9.17, 15) is 23.2 Å². The van der Waals surface area contributed by atoms with Gasteiger partial charge in [0.25, 0.3) is 11.8 Å². The smallest absolute Gasteiger partial charge is 0.261 e. The molecule has 0 radical (unpaired) electrons. The van der Waals surface area contributed by atoms with Gasteiger partial charge >= 0.3 is 0 Å². The van der Waals surface area contributed by atoms with Gasteiger partial charge in [-0.3, -0.25) is 23.9 Å². The Kier molecular flexibility index (Phi) is 6.67. The van der Waals surface area contributed by atoms with Crippen molar-refractivity contribution in [2.75, 3.05) is 0 Å². The second-order valence-corrected chi connectivity index (χ2v) is 9.41. The van der Waals surface area contributed by atoms with Crippen molar-refractivity contribution in [3.05, 3.63) is 117 Å². The molecular formula is C29H22ClF2N3O3. The minimum absolute atomic E-state index is 0.0475. The molecule has 0 fully saturated rings. The summed E-state index contributed by atoms with van der Waals surface area (Å²) in [4.78, 5) is 45.5. The highest BCUT2D eigenvalue weighted by molar-refractivity contribution is 6.31. The lowest BCUT2D eigenvalue weighted by Crippen LogP contribution is -2.30. The van der Waals surface area contributed by atoms with Gasteiger partial charge in [-0.2, -0.15) is 0 Å². The fourth-order valence-corrected chi connectivity index (χ4v) is 4.94. The Hall–Kier alpha value is -4.17. The normalized spacial score (nSPS) is 12.8. The maximum atomic E-state index is 14.6. The number of amides is 2. The van der Waals surface area contributed by atoms with Crippen LogP contribution in [0.3, 0.4) is 0 Å². The third kappa shape index (κ3) is 4.20. The molecule has 2 heterocycles. The Morgan fingerprint density at radius 1 is 0.947 bits per heavy atom. The van der Waals surface area contributed by atoms with Gasteiger partial charge in [-0.05, 0) is 55.8 Å². The molecule has 2 amide bonds. The highest BCUT2D eigenvalue weighted by Crippen LogP contribution is 2.30. The molecule has 0 saturated carbocycles. The van der Waals surface area contributed by atoms with Crippen LogP contribution in [-0.4, -0.2) is 32.0 Å². The predicted octanol–water partition coefficient (Wildman–Crippen LogP) is 6.09. The van der Waals surface area contributed by atoms with Gasteiger partial charge in [0.15, 0.2) is 0 Å². The minimum atomic E-state index is -0.999. The molecule has 0 N–H and O–H groups in total. The van der Waals surface area contributed by atoms with Crippen LogP contribution in [0.4, 0.5) is 8.78 Å². The number of hydrogen-bond acceptors (Lipinski definition) is 4. The summed E-state index contributed by atoms with van der Waals surface area (Å²) < 4.78 is 30.8. The van der Waals surface area contributed by atoms with Crippen molar-refractivity contribution in [3.8, 4) is 5.69 Å². The molecule has 6 nitrogen and oxygen atoms in total. The van der Waals surface area contributed by atoms with Crippen molar-refractivity contribution in [2.45, 2.75) is 33.2 Å². The minimum Gasteiger partial charge on any atom is -0.298 e. The summed E-state index contributed by atoms with van der Waals surface area (Å²) in [6, 6.07) is 14.2. The number of rotatable bonds is 7. The molecule has 0 atom stereocenters. The van der Waals surface area contributed by atoms with Crippen LogP contribution in [-0.2, 0) is 13.0 Å². The first-order valence-corrected chi connectivity index (χ1v) is 12.4. The molecule has 3 aromatic carbocycles. The van der Waals surface area contributed by atoms with Crippen molar-refractivity contribution in [1.82, 2.24) is 14.5 Å². The average molecular weight is 534 g/mol. The van der Waals surface area contributed by atoms with E-state index >= 15 is 0 Å². The largest absolute Gasteiger partial charge is 0.298 e. The molecule has 1 aromatic heterocycles. The van der Waals surface area contributed by atoms with E-state index in [1.54, 1.807) is 47.9 Å². The zero-order valence-corrected chi connectivity index (χ0v) is 21.4. The molecule has 0 bridgehead atoms. The summed E-state index contributed by atoms with van der Waals surface area (Å²) >= 11 is 6.22. The Morgan fingerprint density at radius 3 is 2.18 bits per heavy atom. The number of halogens is 3. The van der Waals surface area contributed by atoms with Crippen LogP contribution in [0.15, 0.2) is 60.7 Å². The molecule has 0 unspecified atom stereocenters. The maximum Gasteiger partial charge on any atom is 0.261 e. The van der Waals surface area contributed by atoms with Crippen molar-refractivity contribution in [1.29, 1.82) is 0 Å². The van der Waals surface area contributed by atoms with Crippen molar-refractivity contribution in [2.24, 2.45) is 0 Å². The van der Waals surface area contributed by atoms with E-state index in [4.69, 9.17) is 16.6 Å². The number of ketones is 1. The molecule has 4 aromatic rings. The van der Waals surface area contributed by atoms with Crippen molar-refractivity contribution in [3.63, 3.8) is 0 Å². The molecule has 38 heavy (non-hydrogen) atoms. The fourth-order valence-electron chi connectivity index (χ4n) is 4.77. The van der Waals surface area contributed by atoms with E-state index in [0.717, 1.165) is 23.5 Å². The number of benzene rings is 3. The number of carbonyl (C=O) groups excluding carboxylic acids is 3. The topological polar surface area (TPSA) is 72.3 Å². The molecule has 192 valence electrons. The number of imide groups is 1. The molecule has 0 aliphatic carbocycles. The molecule has 0 spiro atoms. The van der Waals surface area contributed by atoms with E-state index in [1.807, 2.05) is 6.92 Å². The lowest BCUT2D eigenvalue weighted by atomic mass is 10.00. The second kappa shape index (κ2) is 9.95. The van der Waals surface area contributed by atoms with Gasteiger partial charge in [0.05, 0.1) is 34.6 Å². The highest BCUT2D eigenvalue weighted by atomic mass is 35.5. The van der Waals surface area contributed by atoms with Crippen LogP contribution in [0.25, 0.3) is 5.69 Å². The van der Waals surface area contributed by atoms with Crippen LogP contribution in [0.1, 0.15) is 67.2 Å². The molecule has 0 saturated heterocycles. The second-order valence-electron chi connectivity index (χ2n) is 8.97. The Labute approximate surface area is 222 Å². The van der Waals surface area contributed by atoms with Crippen molar-refractivity contribution >= 4 is 29.2 Å². The van der Waals surface area contributed by atoms with Crippen LogP contribution in [0, 0.1) is 18.6 Å². The third-order valence-electron chi connectivity index (χ3n) is 6.57. The first kappa shape index (κ1) is 25.5. The van der Waals surface area contributed by atoms with Gasteiger partial charge < -0.3 is 0 Å². The quantitative estimate of drug-likeness (QED) is 0.213. The van der Waals surface area contributed by atoms with Crippen LogP contribution in [0.2, 0.25) is 5.02 Å². The van der Waals surface area contributed by atoms with E-state index in [2.05, 4.69) is 0 Å². The SMILES string of the molecule is CCCc1nc(CN2C(=O)c3ccccc3C2=O)n(-c2ccc(Cl)cc2C(=O)c2c(F)cccc2F)c1C. The zero-order valence-electron chi connectivity index (χ0n) is 20.6. The first-order valence-electron chi connectivity index (χ1n) is 12.0. The van der Waals surface area contributed by atoms with Gasteiger partial charge in [0, 0.05) is 16.3 Å². The summed E-state index contributed by atoms with van der Waals surface area (Å²) in [6.07, 6.45) is 1.38. The number of fused-ring (bicyclic) bond motifs is 1. The molecular weight excluding hydrogens is 512 g/mol. The standard InChI is InChI=1S/C29H22ClF2N3O3/c1-3-7-23-16(2)35(25(33-23)15-34-28(37)18-8-4-5-9-19(18)29(34)38)24-13-12-17(30)14-20(24)27(36)26-21(31)10-6-11-22(26)32/h4-6,8-14H,3,7,15H2,1-2H3. The van der Waals surface area contributed by atoms with Gasteiger partial charge in [-0.1, -0.05) is 43.1 Å². The number of nitrogens with zero attached hydrogens (tertiary/aromatic N) is 3. The van der Waals surface area contributed by atoms with Gasteiger partial charge in [-0.25, -0.2) is 13.8 Å². The number of imidazole rings is 1. The number of hydrogen-bond donors (Lipinski definition) is 0. The third-order valence-corrected chi connectivity index (χ3v) is 6.81. The number of aromatic nitrogens is 2. The van der Waals surface area contributed by atoms with Crippen LogP contribution < -0.4 is 0 Å². The Morgan fingerprint density at radius 2 is 1.58 bits per heavy atom. The molecule has 1 aliphatic rings. The van der Waals surface area contributed by atoms with Gasteiger partial charge in [0.2, 0.25) is 5.78 Å². The molecule has 1 aliphatic heterocycles. The molecule has 9 heteroatoms.